The molecule has 2 nitrogen and oxygen atoms in total. The first-order valence-electron chi connectivity index (χ1n) is 5.48. The van der Waals surface area contributed by atoms with Crippen LogP contribution >= 0.6 is 15.9 Å². The van der Waals surface area contributed by atoms with Crippen LogP contribution in [0.4, 0.5) is 19.0 Å². The number of alkyl halides is 3. The van der Waals surface area contributed by atoms with Crippen LogP contribution in [-0.4, -0.2) is 4.98 Å². The van der Waals surface area contributed by atoms with Crippen molar-refractivity contribution in [1.29, 1.82) is 0 Å². The summed E-state index contributed by atoms with van der Waals surface area (Å²) in [5.41, 5.74) is -0.442. The van der Waals surface area contributed by atoms with Gasteiger partial charge in [-0.2, -0.15) is 13.2 Å². The van der Waals surface area contributed by atoms with Crippen molar-refractivity contribution in [2.24, 2.45) is 0 Å². The highest BCUT2D eigenvalue weighted by molar-refractivity contribution is 9.10. The van der Waals surface area contributed by atoms with Gasteiger partial charge in [0.25, 0.3) is 0 Å². The first kappa shape index (κ1) is 13.9. The van der Waals surface area contributed by atoms with Crippen molar-refractivity contribution in [2.45, 2.75) is 12.7 Å². The van der Waals surface area contributed by atoms with E-state index in [4.69, 9.17) is 0 Å². The molecule has 0 spiro atoms. The molecular weight excluding hydrogens is 321 g/mol. The second-order valence-electron chi connectivity index (χ2n) is 3.84. The fourth-order valence-corrected chi connectivity index (χ4v) is 2.04. The normalized spacial score (nSPS) is 11.4. The van der Waals surface area contributed by atoms with E-state index < -0.39 is 11.7 Å². The number of pyridine rings is 1. The minimum atomic E-state index is -4.35. The molecule has 1 aromatic heterocycles. The summed E-state index contributed by atoms with van der Waals surface area (Å²) in [4.78, 5) is 4.05. The van der Waals surface area contributed by atoms with E-state index >= 15 is 0 Å². The number of halogens is 4. The number of benzene rings is 1. The molecule has 19 heavy (non-hydrogen) atoms. The molecule has 0 fully saturated rings. The van der Waals surface area contributed by atoms with E-state index in [1.54, 1.807) is 24.4 Å². The third-order valence-electron chi connectivity index (χ3n) is 2.53. The number of hydrogen-bond donors (Lipinski definition) is 1. The van der Waals surface area contributed by atoms with Crippen molar-refractivity contribution in [2.75, 3.05) is 5.32 Å². The first-order chi connectivity index (χ1) is 8.98. The molecule has 0 radical (unpaired) electrons. The van der Waals surface area contributed by atoms with Crippen LogP contribution in [0.25, 0.3) is 0 Å². The summed E-state index contributed by atoms with van der Waals surface area (Å²) in [6.45, 7) is 0.0608. The van der Waals surface area contributed by atoms with E-state index in [9.17, 15) is 13.2 Å². The van der Waals surface area contributed by atoms with Gasteiger partial charge in [0.1, 0.15) is 5.82 Å². The van der Waals surface area contributed by atoms with Crippen LogP contribution in [0, 0.1) is 0 Å². The third-order valence-corrected chi connectivity index (χ3v) is 3.17. The van der Waals surface area contributed by atoms with Crippen LogP contribution in [0.2, 0.25) is 0 Å². The molecule has 1 N–H and O–H groups in total. The Morgan fingerprint density at radius 2 is 1.84 bits per heavy atom. The molecule has 0 saturated heterocycles. The molecule has 0 unspecified atom stereocenters. The van der Waals surface area contributed by atoms with Gasteiger partial charge < -0.3 is 5.32 Å². The maximum Gasteiger partial charge on any atom is 0.416 e. The molecule has 100 valence electrons. The van der Waals surface area contributed by atoms with Crippen molar-refractivity contribution < 1.29 is 13.2 Å². The molecule has 0 saturated carbocycles. The van der Waals surface area contributed by atoms with Gasteiger partial charge in [0.05, 0.1) is 10.0 Å². The van der Waals surface area contributed by atoms with Crippen LogP contribution in [0.1, 0.15) is 11.1 Å². The average Bonchev–Trinajstić information content (AvgIpc) is 2.37. The van der Waals surface area contributed by atoms with E-state index in [1.807, 2.05) is 0 Å². The molecule has 0 amide bonds. The summed E-state index contributed by atoms with van der Waals surface area (Å²) in [5, 5.41) is 2.88. The largest absolute Gasteiger partial charge is 0.416 e. The van der Waals surface area contributed by atoms with Crippen molar-refractivity contribution >= 4 is 21.7 Å². The molecule has 2 rings (SSSR count). The van der Waals surface area contributed by atoms with Crippen LogP contribution in [0.15, 0.2) is 47.1 Å². The summed E-state index contributed by atoms with van der Waals surface area (Å²) >= 11 is 3.28. The summed E-state index contributed by atoms with van der Waals surface area (Å²) in [5.74, 6) is 0.513. The molecule has 2 aromatic rings. The Labute approximate surface area is 116 Å². The van der Waals surface area contributed by atoms with Gasteiger partial charge in [-0.3, -0.25) is 0 Å². The van der Waals surface area contributed by atoms with E-state index in [-0.39, 0.29) is 12.1 Å². The lowest BCUT2D eigenvalue weighted by atomic mass is 10.1. The first-order valence-corrected chi connectivity index (χ1v) is 6.27. The average molecular weight is 331 g/mol. The zero-order valence-corrected chi connectivity index (χ0v) is 11.3. The zero-order chi connectivity index (χ0) is 13.9. The Balaban J connectivity index is 2.19. The van der Waals surface area contributed by atoms with Crippen molar-refractivity contribution in [3.05, 3.63) is 58.2 Å². The van der Waals surface area contributed by atoms with Gasteiger partial charge >= 0.3 is 6.18 Å². The van der Waals surface area contributed by atoms with Gasteiger partial charge in [-0.1, -0.05) is 18.2 Å². The lowest BCUT2D eigenvalue weighted by Gasteiger charge is -2.13. The predicted octanol–water partition coefficient (Wildman–Crippen LogP) is 4.48. The van der Waals surface area contributed by atoms with Crippen molar-refractivity contribution in [1.82, 2.24) is 4.98 Å². The Hall–Kier alpha value is -1.56. The Bertz CT molecular complexity index is 570. The molecule has 0 aliphatic heterocycles. The second kappa shape index (κ2) is 5.61. The summed E-state index contributed by atoms with van der Waals surface area (Å²) in [7, 11) is 0. The monoisotopic (exact) mass is 330 g/mol. The number of hydrogen-bond acceptors (Lipinski definition) is 2. The molecule has 6 heteroatoms. The highest BCUT2D eigenvalue weighted by Crippen LogP contribution is 2.32. The van der Waals surface area contributed by atoms with Gasteiger partial charge in [0.15, 0.2) is 0 Å². The van der Waals surface area contributed by atoms with Crippen molar-refractivity contribution in [3.8, 4) is 0 Å². The number of nitrogens with zero attached hydrogens (tertiary/aromatic N) is 1. The van der Waals surface area contributed by atoms with Gasteiger partial charge in [0.2, 0.25) is 0 Å². The Morgan fingerprint density at radius 1 is 1.11 bits per heavy atom. The Kier molecular flexibility index (Phi) is 4.09. The smallest absolute Gasteiger partial charge is 0.365 e. The standard InChI is InChI=1S/C13H10BrF3N2/c14-11-6-3-7-18-12(11)19-8-9-4-1-2-5-10(9)13(15,16)17/h1-7H,8H2,(H,18,19). The lowest BCUT2D eigenvalue weighted by molar-refractivity contribution is -0.138. The minimum absolute atomic E-state index is 0.0608. The number of aromatic nitrogens is 1. The summed E-state index contributed by atoms with van der Waals surface area (Å²) < 4.78 is 39.1. The molecule has 0 atom stereocenters. The van der Waals surface area contributed by atoms with Gasteiger partial charge in [-0.25, -0.2) is 4.98 Å². The van der Waals surface area contributed by atoms with Crippen LogP contribution in [0.5, 0.6) is 0 Å². The maximum atomic E-state index is 12.8. The quantitative estimate of drug-likeness (QED) is 0.897. The lowest BCUT2D eigenvalue weighted by Crippen LogP contribution is -2.12. The molecule has 1 aromatic carbocycles. The highest BCUT2D eigenvalue weighted by atomic mass is 79.9. The van der Waals surface area contributed by atoms with Crippen LogP contribution in [-0.2, 0) is 12.7 Å². The van der Waals surface area contributed by atoms with E-state index in [0.29, 0.717) is 10.3 Å². The van der Waals surface area contributed by atoms with Gasteiger partial charge in [-0.05, 0) is 39.7 Å². The summed E-state index contributed by atoms with van der Waals surface area (Å²) in [6.07, 6.45) is -2.78. The summed E-state index contributed by atoms with van der Waals surface area (Å²) in [6, 6.07) is 8.99. The SMILES string of the molecule is FC(F)(F)c1ccccc1CNc1ncccc1Br. The number of anilines is 1. The van der Waals surface area contributed by atoms with E-state index in [0.717, 1.165) is 6.07 Å². The topological polar surface area (TPSA) is 24.9 Å². The molecular formula is C13H10BrF3N2. The maximum absolute atomic E-state index is 12.8. The predicted molar refractivity (Wildman–Crippen MR) is 70.7 cm³/mol. The molecule has 0 aliphatic carbocycles. The fraction of sp³-hybridized carbons (Fsp3) is 0.154. The van der Waals surface area contributed by atoms with E-state index in [2.05, 4.69) is 26.2 Å². The minimum Gasteiger partial charge on any atom is -0.365 e. The number of nitrogens with one attached hydrogen (secondary N) is 1. The van der Waals surface area contributed by atoms with Gasteiger partial charge in [0, 0.05) is 12.7 Å². The highest BCUT2D eigenvalue weighted by Gasteiger charge is 2.32. The molecule has 1 heterocycles. The number of rotatable bonds is 3. The fourth-order valence-electron chi connectivity index (χ4n) is 1.65. The van der Waals surface area contributed by atoms with E-state index in [1.165, 1.54) is 12.1 Å². The van der Waals surface area contributed by atoms with Crippen LogP contribution < -0.4 is 5.32 Å². The van der Waals surface area contributed by atoms with Crippen LogP contribution in [0.3, 0.4) is 0 Å². The van der Waals surface area contributed by atoms with Gasteiger partial charge in [-0.15, -0.1) is 0 Å². The Morgan fingerprint density at radius 3 is 2.53 bits per heavy atom. The zero-order valence-electron chi connectivity index (χ0n) is 9.71. The third kappa shape index (κ3) is 3.47. The second-order valence-corrected chi connectivity index (χ2v) is 4.70. The van der Waals surface area contributed by atoms with Crippen molar-refractivity contribution in [3.63, 3.8) is 0 Å². The molecule has 0 bridgehead atoms. The molecule has 0 aliphatic rings.